The van der Waals surface area contributed by atoms with E-state index in [4.69, 9.17) is 0 Å². The van der Waals surface area contributed by atoms with Crippen molar-refractivity contribution < 1.29 is 14.0 Å². The van der Waals surface area contributed by atoms with Gasteiger partial charge in [0.1, 0.15) is 5.82 Å². The summed E-state index contributed by atoms with van der Waals surface area (Å²) in [6, 6.07) is 6.03. The zero-order valence-electron chi connectivity index (χ0n) is 11.3. The molecule has 0 spiro atoms. The standard InChI is InChI=1S/C17H14FNO2/c18-12-3-1-2-4-13(12)19-16(20)14-8-5-6-9(11-7-10(8)11)15(14)17(19)21/h1-6,8-11,14-15H,7H2/t8-,9-,10-,11-,14-,15+/m0/s1. The van der Waals surface area contributed by atoms with E-state index in [9.17, 15) is 14.0 Å². The van der Waals surface area contributed by atoms with Crippen molar-refractivity contribution in [2.45, 2.75) is 6.42 Å². The summed E-state index contributed by atoms with van der Waals surface area (Å²) in [4.78, 5) is 26.6. The smallest absolute Gasteiger partial charge is 0.238 e. The highest BCUT2D eigenvalue weighted by Crippen LogP contribution is 2.65. The Morgan fingerprint density at radius 3 is 2.10 bits per heavy atom. The fourth-order valence-electron chi connectivity index (χ4n) is 4.83. The van der Waals surface area contributed by atoms with Crippen LogP contribution in [0, 0.1) is 41.3 Å². The van der Waals surface area contributed by atoms with Gasteiger partial charge in [-0.1, -0.05) is 24.3 Å². The van der Waals surface area contributed by atoms with Gasteiger partial charge in [0.2, 0.25) is 11.8 Å². The highest BCUT2D eigenvalue weighted by molar-refractivity contribution is 6.22. The van der Waals surface area contributed by atoms with Gasteiger partial charge in [-0.2, -0.15) is 0 Å². The summed E-state index contributed by atoms with van der Waals surface area (Å²) in [6.07, 6.45) is 5.38. The molecule has 4 heteroatoms. The van der Waals surface area contributed by atoms with Crippen LogP contribution < -0.4 is 4.90 Å². The molecule has 0 unspecified atom stereocenters. The van der Waals surface area contributed by atoms with Crippen LogP contribution in [0.4, 0.5) is 10.1 Å². The molecule has 0 aromatic heterocycles. The lowest BCUT2D eigenvalue weighted by atomic mass is 9.63. The van der Waals surface area contributed by atoms with E-state index in [0.717, 1.165) is 11.3 Å². The third-order valence-corrected chi connectivity index (χ3v) is 5.76. The molecule has 1 heterocycles. The van der Waals surface area contributed by atoms with Gasteiger partial charge in [-0.25, -0.2) is 9.29 Å². The molecule has 5 aliphatic rings. The van der Waals surface area contributed by atoms with Crippen molar-refractivity contribution in [2.75, 3.05) is 4.90 Å². The fraction of sp³-hybridized carbons (Fsp3) is 0.412. The Balaban J connectivity index is 1.62. The third kappa shape index (κ3) is 1.29. The Morgan fingerprint density at radius 1 is 0.952 bits per heavy atom. The van der Waals surface area contributed by atoms with Gasteiger partial charge in [0.25, 0.3) is 0 Å². The Morgan fingerprint density at radius 2 is 1.52 bits per heavy atom. The second-order valence-corrected chi connectivity index (χ2v) is 6.62. The van der Waals surface area contributed by atoms with E-state index in [1.807, 2.05) is 0 Å². The lowest BCUT2D eigenvalue weighted by molar-refractivity contribution is -0.124. The van der Waals surface area contributed by atoms with Crippen LogP contribution in [0.3, 0.4) is 0 Å². The van der Waals surface area contributed by atoms with Gasteiger partial charge < -0.3 is 0 Å². The number of nitrogens with zero attached hydrogens (tertiary/aromatic N) is 1. The monoisotopic (exact) mass is 283 g/mol. The van der Waals surface area contributed by atoms with E-state index < -0.39 is 5.82 Å². The predicted octanol–water partition coefficient (Wildman–Crippen LogP) is 2.38. The van der Waals surface area contributed by atoms with Crippen LogP contribution in [0.1, 0.15) is 6.42 Å². The maximum Gasteiger partial charge on any atom is 0.238 e. The van der Waals surface area contributed by atoms with E-state index in [1.54, 1.807) is 12.1 Å². The quantitative estimate of drug-likeness (QED) is 0.586. The maximum atomic E-state index is 14.0. The number of para-hydroxylation sites is 1. The average molecular weight is 283 g/mol. The number of hydrogen-bond donors (Lipinski definition) is 0. The van der Waals surface area contributed by atoms with E-state index >= 15 is 0 Å². The number of hydrogen-bond acceptors (Lipinski definition) is 2. The van der Waals surface area contributed by atoms with E-state index in [2.05, 4.69) is 12.2 Å². The molecule has 0 N–H and O–H groups in total. The number of carbonyl (C=O) groups is 2. The fourth-order valence-corrected chi connectivity index (χ4v) is 4.83. The van der Waals surface area contributed by atoms with Crippen LogP contribution in [0.25, 0.3) is 0 Å². The number of carbonyl (C=O) groups excluding carboxylic acids is 2. The van der Waals surface area contributed by atoms with Crippen molar-refractivity contribution in [2.24, 2.45) is 35.5 Å². The summed E-state index contributed by atoms with van der Waals surface area (Å²) in [5.74, 6) is 0.0308. The van der Waals surface area contributed by atoms with Crippen LogP contribution in [-0.4, -0.2) is 11.8 Å². The van der Waals surface area contributed by atoms with Crippen molar-refractivity contribution in [3.8, 4) is 0 Å². The van der Waals surface area contributed by atoms with Gasteiger partial charge in [-0.3, -0.25) is 9.59 Å². The first-order chi connectivity index (χ1) is 10.2. The molecule has 2 amide bonds. The number of amides is 2. The minimum Gasteiger partial charge on any atom is -0.274 e. The van der Waals surface area contributed by atoms with Crippen LogP contribution in [0.5, 0.6) is 0 Å². The second kappa shape index (κ2) is 3.62. The number of rotatable bonds is 1. The van der Waals surface area contributed by atoms with Crippen LogP contribution >= 0.6 is 0 Å². The van der Waals surface area contributed by atoms with Gasteiger partial charge in [0.15, 0.2) is 0 Å². The first-order valence-corrected chi connectivity index (χ1v) is 7.49. The van der Waals surface area contributed by atoms with Crippen molar-refractivity contribution in [3.63, 3.8) is 0 Å². The van der Waals surface area contributed by atoms with Crippen LogP contribution in [-0.2, 0) is 9.59 Å². The number of halogens is 1. The van der Waals surface area contributed by atoms with Crippen molar-refractivity contribution in [1.29, 1.82) is 0 Å². The van der Waals surface area contributed by atoms with Crippen molar-refractivity contribution in [1.82, 2.24) is 0 Å². The third-order valence-electron chi connectivity index (χ3n) is 5.76. The number of benzene rings is 1. The number of anilines is 1. The Kier molecular flexibility index (Phi) is 2.01. The lowest BCUT2D eigenvalue weighted by Crippen LogP contribution is -2.40. The van der Waals surface area contributed by atoms with Gasteiger partial charge in [0.05, 0.1) is 17.5 Å². The molecular weight excluding hydrogens is 269 g/mol. The molecule has 3 fully saturated rings. The molecule has 1 aromatic carbocycles. The highest BCUT2D eigenvalue weighted by Gasteiger charge is 2.67. The van der Waals surface area contributed by atoms with E-state index in [0.29, 0.717) is 11.8 Å². The van der Waals surface area contributed by atoms with Crippen molar-refractivity contribution in [3.05, 3.63) is 42.2 Å². The van der Waals surface area contributed by atoms with Crippen molar-refractivity contribution >= 4 is 17.5 Å². The molecule has 106 valence electrons. The average Bonchev–Trinajstić information content (AvgIpc) is 3.26. The first kappa shape index (κ1) is 11.7. The second-order valence-electron chi connectivity index (χ2n) is 6.62. The largest absolute Gasteiger partial charge is 0.274 e. The summed E-state index contributed by atoms with van der Waals surface area (Å²) in [6.45, 7) is 0. The van der Waals surface area contributed by atoms with Gasteiger partial charge in [0, 0.05) is 0 Å². The summed E-state index contributed by atoms with van der Waals surface area (Å²) in [7, 11) is 0. The summed E-state index contributed by atoms with van der Waals surface area (Å²) in [5, 5.41) is 0. The minimum atomic E-state index is -0.511. The summed E-state index contributed by atoms with van der Waals surface area (Å²) in [5.41, 5.74) is 0.106. The summed E-state index contributed by atoms with van der Waals surface area (Å²) < 4.78 is 14.0. The molecule has 6 atom stereocenters. The van der Waals surface area contributed by atoms with Gasteiger partial charge in [-0.15, -0.1) is 0 Å². The van der Waals surface area contributed by atoms with Crippen LogP contribution in [0.15, 0.2) is 36.4 Å². The zero-order chi connectivity index (χ0) is 14.3. The maximum absolute atomic E-state index is 14.0. The number of imide groups is 1. The zero-order valence-corrected chi connectivity index (χ0v) is 11.3. The molecule has 2 bridgehead atoms. The topological polar surface area (TPSA) is 37.4 Å². The molecule has 1 aliphatic heterocycles. The minimum absolute atomic E-state index is 0.106. The number of allylic oxidation sites excluding steroid dienone is 2. The molecule has 3 nitrogen and oxygen atoms in total. The van der Waals surface area contributed by atoms with E-state index in [-0.39, 0.29) is 41.2 Å². The highest BCUT2D eigenvalue weighted by atomic mass is 19.1. The summed E-state index contributed by atoms with van der Waals surface area (Å²) >= 11 is 0. The molecule has 4 aliphatic carbocycles. The lowest BCUT2D eigenvalue weighted by Gasteiger charge is -2.37. The molecule has 1 saturated heterocycles. The molecule has 2 saturated carbocycles. The Labute approximate surface area is 121 Å². The molecule has 21 heavy (non-hydrogen) atoms. The molecule has 6 rings (SSSR count). The van der Waals surface area contributed by atoms with Gasteiger partial charge >= 0.3 is 0 Å². The molecular formula is C17H14FNO2. The van der Waals surface area contributed by atoms with E-state index in [1.165, 1.54) is 12.1 Å². The van der Waals surface area contributed by atoms with Gasteiger partial charge in [-0.05, 0) is 42.2 Å². The normalized spacial score (nSPS) is 42.2. The first-order valence-electron chi connectivity index (χ1n) is 7.49. The molecule has 1 aromatic rings. The Hall–Kier alpha value is -1.97. The SMILES string of the molecule is O=C1[C@@H]2[C@H]3C=C[C@@H]([C@@H]4C[C@@H]34)[C@@H]2C(=O)N1c1ccccc1F. The molecule has 0 radical (unpaired) electrons. The predicted molar refractivity (Wildman–Crippen MR) is 73.6 cm³/mol. The van der Waals surface area contributed by atoms with Crippen LogP contribution in [0.2, 0.25) is 0 Å². The Bertz CT molecular complexity index is 676.